The van der Waals surface area contributed by atoms with Crippen LogP contribution in [0, 0.1) is 20.2 Å². The van der Waals surface area contributed by atoms with Gasteiger partial charge in [-0.25, -0.2) is 5.43 Å². The molecule has 3 aromatic rings. The molecule has 2 N–H and O–H groups in total. The van der Waals surface area contributed by atoms with Gasteiger partial charge in [-0.15, -0.1) is 0 Å². The summed E-state index contributed by atoms with van der Waals surface area (Å²) >= 11 is 3.40. The van der Waals surface area contributed by atoms with Crippen LogP contribution >= 0.6 is 15.9 Å². The number of anilines is 1. The van der Waals surface area contributed by atoms with Gasteiger partial charge >= 0.3 is 5.69 Å². The lowest BCUT2D eigenvalue weighted by atomic mass is 10.2. The molecule has 0 aliphatic rings. The Hall–Kier alpha value is -3.70. The molecular formula is C20H17BrN4O6. The number of non-ortho nitro benzene ring substituents is 1. The quantitative estimate of drug-likeness (QED) is 0.311. The maximum atomic E-state index is 11.4. The van der Waals surface area contributed by atoms with Gasteiger partial charge in [-0.2, -0.15) is 0 Å². The molecule has 0 atom stereocenters. The predicted octanol–water partition coefficient (Wildman–Crippen LogP) is 5.18. The number of nitro benzene ring substituents is 2. The van der Waals surface area contributed by atoms with Gasteiger partial charge in [0.25, 0.3) is 5.69 Å². The molecule has 3 rings (SSSR count). The number of methoxy groups -OCH3 is 1. The average Bonchev–Trinajstić information content (AvgIpc) is 2.76. The summed E-state index contributed by atoms with van der Waals surface area (Å²) in [7, 11) is 1.44. The highest BCUT2D eigenvalue weighted by Crippen LogP contribution is 2.42. The fourth-order valence-electron chi connectivity index (χ4n) is 2.70. The normalized spacial score (nSPS) is 10.4. The van der Waals surface area contributed by atoms with Crippen molar-refractivity contribution in [1.82, 2.24) is 5.43 Å². The van der Waals surface area contributed by atoms with Crippen molar-refractivity contribution < 1.29 is 19.3 Å². The molecule has 160 valence electrons. The number of rotatable bonds is 9. The third kappa shape index (κ3) is 5.47. The van der Waals surface area contributed by atoms with E-state index in [0.29, 0.717) is 16.8 Å². The van der Waals surface area contributed by atoms with Crippen LogP contribution in [0.25, 0.3) is 0 Å². The summed E-state index contributed by atoms with van der Waals surface area (Å²) in [5.74, 6) is 0.393. The minimum Gasteiger partial charge on any atom is -0.493 e. The van der Waals surface area contributed by atoms with Crippen molar-refractivity contribution in [1.29, 1.82) is 0 Å². The van der Waals surface area contributed by atoms with Crippen LogP contribution in [0.2, 0.25) is 0 Å². The summed E-state index contributed by atoms with van der Waals surface area (Å²) in [6, 6.07) is 16.2. The van der Waals surface area contributed by atoms with Crippen molar-refractivity contribution in [3.63, 3.8) is 0 Å². The van der Waals surface area contributed by atoms with Crippen LogP contribution in [0.15, 0.2) is 65.1 Å². The second-order valence-corrected chi connectivity index (χ2v) is 7.08. The highest BCUT2D eigenvalue weighted by Gasteiger charge is 2.23. The molecule has 0 heterocycles. The summed E-state index contributed by atoms with van der Waals surface area (Å²) in [5, 5.41) is 22.3. The average molecular weight is 489 g/mol. The molecule has 0 aliphatic heterocycles. The molecule has 0 aromatic heterocycles. The first-order valence-corrected chi connectivity index (χ1v) is 9.69. The van der Waals surface area contributed by atoms with Crippen LogP contribution in [0.1, 0.15) is 5.56 Å². The number of nitrogens with one attached hydrogen (secondary N) is 2. The fourth-order valence-corrected chi connectivity index (χ4v) is 3.27. The zero-order chi connectivity index (χ0) is 22.4. The monoisotopic (exact) mass is 488 g/mol. The highest BCUT2D eigenvalue weighted by molar-refractivity contribution is 9.10. The number of hydrogen-bond acceptors (Lipinski definition) is 8. The topological polar surface area (TPSA) is 129 Å². The molecule has 0 aliphatic carbocycles. The molecule has 0 bridgehead atoms. The standard InChI is InChI=1S/C20H17BrN4O6/c1-30-19-10-13(12-22-23-14-5-3-2-4-6-14)9-16(21)20(19)31-18-8-7-15(24(26)27)11-17(18)25(28)29/h2-11,22-23H,12H2,1H3. The van der Waals surface area contributed by atoms with Gasteiger partial charge in [0.1, 0.15) is 0 Å². The highest BCUT2D eigenvalue weighted by atomic mass is 79.9. The third-order valence-electron chi connectivity index (χ3n) is 4.15. The molecule has 10 nitrogen and oxygen atoms in total. The van der Waals surface area contributed by atoms with Crippen molar-refractivity contribution in [3.05, 3.63) is 90.9 Å². The molecular weight excluding hydrogens is 472 g/mol. The minimum atomic E-state index is -0.740. The molecule has 31 heavy (non-hydrogen) atoms. The summed E-state index contributed by atoms with van der Waals surface area (Å²) in [4.78, 5) is 20.8. The van der Waals surface area contributed by atoms with Crippen molar-refractivity contribution in [2.45, 2.75) is 6.54 Å². The van der Waals surface area contributed by atoms with E-state index in [9.17, 15) is 20.2 Å². The molecule has 0 saturated carbocycles. The van der Waals surface area contributed by atoms with Gasteiger partial charge in [-0.1, -0.05) is 18.2 Å². The molecule has 0 spiro atoms. The van der Waals surface area contributed by atoms with E-state index >= 15 is 0 Å². The van der Waals surface area contributed by atoms with E-state index in [0.717, 1.165) is 23.4 Å². The summed E-state index contributed by atoms with van der Waals surface area (Å²) in [5.41, 5.74) is 6.97. The van der Waals surface area contributed by atoms with Gasteiger partial charge < -0.3 is 14.9 Å². The molecule has 0 fully saturated rings. The Morgan fingerprint density at radius 2 is 1.71 bits per heavy atom. The fraction of sp³-hybridized carbons (Fsp3) is 0.100. The van der Waals surface area contributed by atoms with Gasteiger partial charge in [0.05, 0.1) is 27.5 Å². The Kier molecular flexibility index (Phi) is 7.00. The number of para-hydroxylation sites is 1. The number of halogens is 1. The van der Waals surface area contributed by atoms with E-state index in [1.165, 1.54) is 13.2 Å². The zero-order valence-electron chi connectivity index (χ0n) is 16.2. The van der Waals surface area contributed by atoms with Gasteiger partial charge in [-0.3, -0.25) is 20.2 Å². The van der Waals surface area contributed by atoms with E-state index in [2.05, 4.69) is 26.8 Å². The van der Waals surface area contributed by atoms with Gasteiger partial charge in [0.2, 0.25) is 5.75 Å². The SMILES string of the molecule is COc1cc(CNNc2ccccc2)cc(Br)c1Oc1ccc([N+](=O)[O-])cc1[N+](=O)[O-]. The first-order valence-electron chi connectivity index (χ1n) is 8.90. The van der Waals surface area contributed by atoms with Crippen LogP contribution in [-0.2, 0) is 6.54 Å². The lowest BCUT2D eigenvalue weighted by Crippen LogP contribution is -2.20. The number of benzene rings is 3. The number of ether oxygens (including phenoxy) is 2. The first kappa shape index (κ1) is 22.0. The number of nitro groups is 2. The maximum Gasteiger partial charge on any atom is 0.318 e. The van der Waals surface area contributed by atoms with Crippen molar-refractivity contribution >= 4 is 33.0 Å². The molecule has 0 radical (unpaired) electrons. The summed E-state index contributed by atoms with van der Waals surface area (Å²) < 4.78 is 11.6. The minimum absolute atomic E-state index is 0.147. The Labute approximate surface area is 185 Å². The largest absolute Gasteiger partial charge is 0.493 e. The Morgan fingerprint density at radius 3 is 2.35 bits per heavy atom. The van der Waals surface area contributed by atoms with Crippen molar-refractivity contribution in [2.75, 3.05) is 12.5 Å². The molecule has 0 unspecified atom stereocenters. The Bertz CT molecular complexity index is 1110. The van der Waals surface area contributed by atoms with Gasteiger partial charge in [0, 0.05) is 18.3 Å². The molecule has 0 saturated heterocycles. The lowest BCUT2D eigenvalue weighted by molar-refractivity contribution is -0.394. The molecule has 11 heteroatoms. The van der Waals surface area contributed by atoms with Crippen molar-refractivity contribution in [3.8, 4) is 17.2 Å². The van der Waals surface area contributed by atoms with E-state index < -0.39 is 21.2 Å². The summed E-state index contributed by atoms with van der Waals surface area (Å²) in [6.45, 7) is 0.446. The van der Waals surface area contributed by atoms with E-state index in [1.54, 1.807) is 12.1 Å². The van der Waals surface area contributed by atoms with Gasteiger partial charge in [0.15, 0.2) is 11.5 Å². The third-order valence-corrected chi connectivity index (χ3v) is 4.74. The van der Waals surface area contributed by atoms with Crippen LogP contribution in [-0.4, -0.2) is 17.0 Å². The van der Waals surface area contributed by atoms with Crippen LogP contribution in [0.4, 0.5) is 17.1 Å². The van der Waals surface area contributed by atoms with Gasteiger partial charge in [-0.05, 0) is 51.8 Å². The van der Waals surface area contributed by atoms with Crippen molar-refractivity contribution in [2.24, 2.45) is 0 Å². The molecule has 0 amide bonds. The first-order chi connectivity index (χ1) is 14.9. The smallest absolute Gasteiger partial charge is 0.318 e. The predicted molar refractivity (Wildman–Crippen MR) is 117 cm³/mol. The van der Waals surface area contributed by atoms with E-state index in [4.69, 9.17) is 9.47 Å². The summed E-state index contributed by atoms with van der Waals surface area (Å²) in [6.07, 6.45) is 0. The zero-order valence-corrected chi connectivity index (χ0v) is 17.8. The van der Waals surface area contributed by atoms with E-state index in [-0.39, 0.29) is 11.5 Å². The Morgan fingerprint density at radius 1 is 0.968 bits per heavy atom. The Balaban J connectivity index is 1.82. The number of hydrogen-bond donors (Lipinski definition) is 2. The second-order valence-electron chi connectivity index (χ2n) is 6.22. The van der Waals surface area contributed by atoms with Crippen LogP contribution < -0.4 is 20.3 Å². The van der Waals surface area contributed by atoms with E-state index in [1.807, 2.05) is 30.3 Å². The maximum absolute atomic E-state index is 11.4. The lowest BCUT2D eigenvalue weighted by Gasteiger charge is -2.15. The van der Waals surface area contributed by atoms with Crippen LogP contribution in [0.3, 0.4) is 0 Å². The number of hydrazine groups is 1. The second kappa shape index (κ2) is 9.87. The molecule has 3 aromatic carbocycles. The van der Waals surface area contributed by atoms with Crippen LogP contribution in [0.5, 0.6) is 17.2 Å². The number of nitrogens with zero attached hydrogens (tertiary/aromatic N) is 2.